The van der Waals surface area contributed by atoms with Gasteiger partial charge in [-0.2, -0.15) is 0 Å². The molecule has 0 aliphatic rings. The van der Waals surface area contributed by atoms with E-state index in [4.69, 9.17) is 17.3 Å². The molecule has 0 saturated carbocycles. The molecule has 1 amide bonds. The molecule has 0 heterocycles. The summed E-state index contributed by atoms with van der Waals surface area (Å²) in [7, 11) is 1.75. The largest absolute Gasteiger partial charge is 0.399 e. The van der Waals surface area contributed by atoms with Gasteiger partial charge >= 0.3 is 0 Å². The van der Waals surface area contributed by atoms with Crippen molar-refractivity contribution in [2.24, 2.45) is 0 Å². The van der Waals surface area contributed by atoms with Crippen LogP contribution in [0.25, 0.3) is 0 Å². The van der Waals surface area contributed by atoms with Crippen LogP contribution >= 0.6 is 11.6 Å². The van der Waals surface area contributed by atoms with Crippen molar-refractivity contribution in [3.05, 3.63) is 64.2 Å². The topological polar surface area (TPSA) is 46.3 Å². The molecule has 0 bridgehead atoms. The Morgan fingerprint density at radius 1 is 1.25 bits per heavy atom. The Hall–Kier alpha value is -2.00. The van der Waals surface area contributed by atoms with Gasteiger partial charge in [-0.3, -0.25) is 4.79 Å². The lowest BCUT2D eigenvalue weighted by Crippen LogP contribution is -2.26. The van der Waals surface area contributed by atoms with E-state index in [0.717, 1.165) is 11.1 Å². The van der Waals surface area contributed by atoms with Crippen molar-refractivity contribution in [3.8, 4) is 0 Å². The van der Waals surface area contributed by atoms with Crippen LogP contribution in [-0.4, -0.2) is 17.9 Å². The zero-order valence-corrected chi connectivity index (χ0v) is 12.3. The fourth-order valence-corrected chi connectivity index (χ4v) is 2.26. The molecule has 0 atom stereocenters. The molecule has 0 fully saturated rings. The summed E-state index contributed by atoms with van der Waals surface area (Å²) in [5.41, 5.74) is 8.85. The third-order valence-electron chi connectivity index (χ3n) is 3.14. The number of nitrogens with zero attached hydrogens (tertiary/aromatic N) is 1. The van der Waals surface area contributed by atoms with Gasteiger partial charge in [-0.15, -0.1) is 0 Å². The number of hydrogen-bond donors (Lipinski definition) is 1. The molecule has 0 radical (unpaired) electrons. The van der Waals surface area contributed by atoms with Gasteiger partial charge in [-0.05, 0) is 36.2 Å². The second-order valence-electron chi connectivity index (χ2n) is 4.84. The molecular weight excluding hydrogens is 272 g/mol. The highest BCUT2D eigenvalue weighted by Gasteiger charge is 2.16. The molecule has 0 aliphatic heterocycles. The molecule has 0 saturated heterocycles. The molecule has 104 valence electrons. The fourth-order valence-electron chi connectivity index (χ4n) is 2.06. The molecule has 0 unspecified atom stereocenters. The molecule has 0 aliphatic carbocycles. The number of carbonyl (C=O) groups excluding carboxylic acids is 1. The van der Waals surface area contributed by atoms with Gasteiger partial charge in [0.25, 0.3) is 5.91 Å². The lowest BCUT2D eigenvalue weighted by molar-refractivity contribution is 0.0785. The smallest absolute Gasteiger partial charge is 0.255 e. The van der Waals surface area contributed by atoms with E-state index >= 15 is 0 Å². The van der Waals surface area contributed by atoms with Gasteiger partial charge in [0.05, 0.1) is 10.6 Å². The highest BCUT2D eigenvalue weighted by Crippen LogP contribution is 2.22. The van der Waals surface area contributed by atoms with Crippen molar-refractivity contribution in [2.75, 3.05) is 12.8 Å². The van der Waals surface area contributed by atoms with Crippen LogP contribution < -0.4 is 5.73 Å². The summed E-state index contributed by atoms with van der Waals surface area (Å²) in [5, 5.41) is 0.511. The van der Waals surface area contributed by atoms with E-state index < -0.39 is 0 Å². The average molecular weight is 289 g/mol. The lowest BCUT2D eigenvalue weighted by atomic mass is 10.1. The van der Waals surface area contributed by atoms with Crippen LogP contribution in [0.3, 0.4) is 0 Å². The second kappa shape index (κ2) is 5.97. The van der Waals surface area contributed by atoms with Crippen LogP contribution in [0, 0.1) is 6.92 Å². The van der Waals surface area contributed by atoms with E-state index in [1.807, 2.05) is 43.3 Å². The molecule has 2 rings (SSSR count). The van der Waals surface area contributed by atoms with Crippen molar-refractivity contribution in [2.45, 2.75) is 13.5 Å². The summed E-state index contributed by atoms with van der Waals surface area (Å²) >= 11 is 6.19. The minimum absolute atomic E-state index is 0.0962. The summed E-state index contributed by atoms with van der Waals surface area (Å²) in [6.07, 6.45) is 0. The standard InChI is InChI=1S/C16H17ClN2O/c1-11-5-3-8-14(15(11)17)16(20)19(2)10-12-6-4-7-13(18)9-12/h3-9H,10,18H2,1-2H3. The Balaban J connectivity index is 2.19. The van der Waals surface area contributed by atoms with Gasteiger partial charge in [0.15, 0.2) is 0 Å². The lowest BCUT2D eigenvalue weighted by Gasteiger charge is -2.18. The van der Waals surface area contributed by atoms with E-state index in [0.29, 0.717) is 22.8 Å². The SMILES string of the molecule is Cc1cccc(C(=O)N(C)Cc2cccc(N)c2)c1Cl. The number of anilines is 1. The van der Waals surface area contributed by atoms with E-state index in [1.54, 1.807) is 18.0 Å². The highest BCUT2D eigenvalue weighted by molar-refractivity contribution is 6.34. The summed E-state index contributed by atoms with van der Waals surface area (Å²) < 4.78 is 0. The van der Waals surface area contributed by atoms with Gasteiger partial charge in [-0.1, -0.05) is 35.9 Å². The fraction of sp³-hybridized carbons (Fsp3) is 0.188. The highest BCUT2D eigenvalue weighted by atomic mass is 35.5. The average Bonchev–Trinajstić information content (AvgIpc) is 2.41. The van der Waals surface area contributed by atoms with Crippen LogP contribution in [0.4, 0.5) is 5.69 Å². The summed E-state index contributed by atoms with van der Waals surface area (Å²) in [6, 6.07) is 13.0. The van der Waals surface area contributed by atoms with Gasteiger partial charge in [0.2, 0.25) is 0 Å². The van der Waals surface area contributed by atoms with Crippen molar-refractivity contribution in [1.29, 1.82) is 0 Å². The van der Waals surface area contributed by atoms with Crippen LogP contribution in [0.5, 0.6) is 0 Å². The van der Waals surface area contributed by atoms with Crippen molar-refractivity contribution in [1.82, 2.24) is 4.90 Å². The Morgan fingerprint density at radius 2 is 1.95 bits per heavy atom. The second-order valence-corrected chi connectivity index (χ2v) is 5.22. The van der Waals surface area contributed by atoms with Crippen molar-refractivity contribution < 1.29 is 4.79 Å². The Morgan fingerprint density at radius 3 is 2.65 bits per heavy atom. The van der Waals surface area contributed by atoms with Gasteiger partial charge in [0.1, 0.15) is 0 Å². The Labute approximate surface area is 124 Å². The zero-order chi connectivity index (χ0) is 14.7. The van der Waals surface area contributed by atoms with E-state index in [2.05, 4.69) is 0 Å². The summed E-state index contributed by atoms with van der Waals surface area (Å²) in [4.78, 5) is 14.1. The maximum absolute atomic E-state index is 12.4. The first kappa shape index (κ1) is 14.4. The number of benzene rings is 2. The minimum Gasteiger partial charge on any atom is -0.399 e. The van der Waals surface area contributed by atoms with Crippen LogP contribution in [0.15, 0.2) is 42.5 Å². The van der Waals surface area contributed by atoms with E-state index in [1.165, 1.54) is 0 Å². The first-order valence-corrected chi connectivity index (χ1v) is 6.72. The molecular formula is C16H17ClN2O. The maximum Gasteiger partial charge on any atom is 0.255 e. The van der Waals surface area contributed by atoms with Crippen LogP contribution in [0.2, 0.25) is 5.02 Å². The molecule has 0 aromatic heterocycles. The number of amides is 1. The van der Waals surface area contributed by atoms with Crippen molar-refractivity contribution in [3.63, 3.8) is 0 Å². The van der Waals surface area contributed by atoms with Crippen LogP contribution in [-0.2, 0) is 6.54 Å². The molecule has 2 N–H and O–H groups in total. The number of carbonyl (C=O) groups is 1. The van der Waals surface area contributed by atoms with E-state index in [9.17, 15) is 4.79 Å². The van der Waals surface area contributed by atoms with Crippen molar-refractivity contribution >= 4 is 23.2 Å². The third kappa shape index (κ3) is 3.11. The van der Waals surface area contributed by atoms with Crippen LogP contribution in [0.1, 0.15) is 21.5 Å². The number of nitrogens with two attached hydrogens (primary N) is 1. The molecule has 20 heavy (non-hydrogen) atoms. The maximum atomic E-state index is 12.4. The number of hydrogen-bond acceptors (Lipinski definition) is 2. The number of halogens is 1. The number of aryl methyl sites for hydroxylation is 1. The predicted octanol–water partition coefficient (Wildman–Crippen LogP) is 3.50. The van der Waals surface area contributed by atoms with Gasteiger partial charge in [-0.25, -0.2) is 0 Å². The van der Waals surface area contributed by atoms with E-state index in [-0.39, 0.29) is 5.91 Å². The quantitative estimate of drug-likeness (QED) is 0.879. The van der Waals surface area contributed by atoms with Gasteiger partial charge in [0, 0.05) is 19.3 Å². The summed E-state index contributed by atoms with van der Waals surface area (Å²) in [6.45, 7) is 2.38. The first-order valence-electron chi connectivity index (χ1n) is 6.34. The number of nitrogen functional groups attached to an aromatic ring is 1. The Kier molecular flexibility index (Phi) is 4.30. The first-order chi connectivity index (χ1) is 9.49. The normalized spacial score (nSPS) is 10.3. The summed E-state index contributed by atoms with van der Waals surface area (Å²) in [5.74, 6) is -0.0962. The molecule has 2 aromatic rings. The monoisotopic (exact) mass is 288 g/mol. The zero-order valence-electron chi connectivity index (χ0n) is 11.6. The molecule has 0 spiro atoms. The number of rotatable bonds is 3. The molecule has 2 aromatic carbocycles. The molecule has 3 nitrogen and oxygen atoms in total. The minimum atomic E-state index is -0.0962. The third-order valence-corrected chi connectivity index (χ3v) is 3.64. The van der Waals surface area contributed by atoms with Gasteiger partial charge < -0.3 is 10.6 Å². The predicted molar refractivity (Wildman–Crippen MR) is 82.8 cm³/mol. The molecule has 4 heteroatoms. The Bertz CT molecular complexity index is 640.